The highest BCUT2D eigenvalue weighted by molar-refractivity contribution is 5.93. The monoisotopic (exact) mass is 431 g/mol. The standard InChI is InChI=1S/C23H26FN3O2.ClH/c24-19-6-1-4-17(14-19)18-5-2-7-20(15-18)26-22(28)16-9-12-27(13-10-16)23(29)21-8-3-11-25-21;/h1-2,4-7,14-16,21,25H,3,8-13H2,(H,26,28);1H/t21-;/m0./s1. The third-order valence-corrected chi connectivity index (χ3v) is 5.82. The molecule has 2 N–H and O–H groups in total. The van der Waals surface area contributed by atoms with E-state index in [4.69, 9.17) is 0 Å². The zero-order valence-corrected chi connectivity index (χ0v) is 17.6. The third kappa shape index (κ3) is 5.18. The number of nitrogens with zero attached hydrogens (tertiary/aromatic N) is 1. The van der Waals surface area contributed by atoms with E-state index in [1.54, 1.807) is 6.07 Å². The number of rotatable bonds is 4. The van der Waals surface area contributed by atoms with Gasteiger partial charge in [0.05, 0.1) is 6.04 Å². The van der Waals surface area contributed by atoms with Crippen LogP contribution in [-0.2, 0) is 9.59 Å². The number of hydrogen-bond donors (Lipinski definition) is 2. The molecule has 0 aromatic heterocycles. The molecule has 2 saturated heterocycles. The summed E-state index contributed by atoms with van der Waals surface area (Å²) >= 11 is 0. The molecule has 2 aliphatic heterocycles. The summed E-state index contributed by atoms with van der Waals surface area (Å²) in [5.41, 5.74) is 2.32. The van der Waals surface area contributed by atoms with E-state index in [2.05, 4.69) is 10.6 Å². The van der Waals surface area contributed by atoms with E-state index in [0.29, 0.717) is 31.6 Å². The van der Waals surface area contributed by atoms with Crippen LogP contribution in [0.3, 0.4) is 0 Å². The molecule has 2 fully saturated rings. The number of benzene rings is 2. The molecule has 5 nitrogen and oxygen atoms in total. The molecule has 0 saturated carbocycles. The van der Waals surface area contributed by atoms with Crippen LogP contribution in [0.25, 0.3) is 11.1 Å². The number of carbonyl (C=O) groups excluding carboxylic acids is 2. The van der Waals surface area contributed by atoms with Gasteiger partial charge < -0.3 is 15.5 Å². The van der Waals surface area contributed by atoms with Crippen LogP contribution in [0.2, 0.25) is 0 Å². The number of likely N-dealkylation sites (tertiary alicyclic amines) is 1. The molecule has 0 bridgehead atoms. The van der Waals surface area contributed by atoms with Gasteiger partial charge in [0.1, 0.15) is 5.82 Å². The molecule has 2 amide bonds. The number of carbonyl (C=O) groups is 2. The lowest BCUT2D eigenvalue weighted by Crippen LogP contribution is -2.48. The minimum absolute atomic E-state index is 0. The largest absolute Gasteiger partial charge is 0.341 e. The molecule has 2 heterocycles. The summed E-state index contributed by atoms with van der Waals surface area (Å²) in [7, 11) is 0. The summed E-state index contributed by atoms with van der Waals surface area (Å²) in [4.78, 5) is 27.1. The van der Waals surface area contributed by atoms with Crippen LogP contribution < -0.4 is 10.6 Å². The number of halogens is 2. The fourth-order valence-corrected chi connectivity index (χ4v) is 4.17. The van der Waals surface area contributed by atoms with Gasteiger partial charge in [-0.05, 0) is 67.6 Å². The molecule has 7 heteroatoms. The van der Waals surface area contributed by atoms with Crippen molar-refractivity contribution in [3.63, 3.8) is 0 Å². The summed E-state index contributed by atoms with van der Waals surface area (Å²) in [6.45, 7) is 2.15. The van der Waals surface area contributed by atoms with Crippen LogP contribution in [0.4, 0.5) is 10.1 Å². The third-order valence-electron chi connectivity index (χ3n) is 5.82. The highest BCUT2D eigenvalue weighted by Crippen LogP contribution is 2.25. The first-order valence-electron chi connectivity index (χ1n) is 10.3. The molecule has 2 aliphatic rings. The lowest BCUT2D eigenvalue weighted by molar-refractivity contribution is -0.136. The van der Waals surface area contributed by atoms with Crippen LogP contribution in [0, 0.1) is 11.7 Å². The molecule has 1 atom stereocenters. The molecule has 2 aromatic carbocycles. The number of anilines is 1. The van der Waals surface area contributed by atoms with Crippen LogP contribution >= 0.6 is 12.4 Å². The topological polar surface area (TPSA) is 61.4 Å². The predicted octanol–water partition coefficient (Wildman–Crippen LogP) is 3.84. The van der Waals surface area contributed by atoms with E-state index in [-0.39, 0.29) is 42.0 Å². The van der Waals surface area contributed by atoms with Gasteiger partial charge in [0.2, 0.25) is 11.8 Å². The quantitative estimate of drug-likeness (QED) is 0.773. The SMILES string of the molecule is Cl.O=C(Nc1cccc(-c2cccc(F)c2)c1)C1CCN(C(=O)[C@@H]2CCCN2)CC1. The highest BCUT2D eigenvalue weighted by atomic mass is 35.5. The van der Waals surface area contributed by atoms with Crippen molar-refractivity contribution in [2.75, 3.05) is 25.0 Å². The maximum Gasteiger partial charge on any atom is 0.239 e. The first kappa shape index (κ1) is 22.2. The van der Waals surface area contributed by atoms with Gasteiger partial charge in [-0.25, -0.2) is 4.39 Å². The summed E-state index contributed by atoms with van der Waals surface area (Å²) < 4.78 is 13.5. The van der Waals surface area contributed by atoms with Crippen molar-refractivity contribution < 1.29 is 14.0 Å². The number of nitrogens with one attached hydrogen (secondary N) is 2. The normalized spacial score (nSPS) is 19.2. The highest BCUT2D eigenvalue weighted by Gasteiger charge is 2.31. The van der Waals surface area contributed by atoms with Crippen LogP contribution in [0.1, 0.15) is 25.7 Å². The lowest BCUT2D eigenvalue weighted by atomic mass is 9.95. The minimum Gasteiger partial charge on any atom is -0.341 e. The fraction of sp³-hybridized carbons (Fsp3) is 0.391. The van der Waals surface area contributed by atoms with Gasteiger partial charge in [0.25, 0.3) is 0 Å². The summed E-state index contributed by atoms with van der Waals surface area (Å²) in [5.74, 6) is -0.240. The first-order chi connectivity index (χ1) is 14.1. The Kier molecular flexibility index (Phi) is 7.45. The number of hydrogen-bond acceptors (Lipinski definition) is 3. The second kappa shape index (κ2) is 10.0. The Morgan fingerprint density at radius 2 is 1.70 bits per heavy atom. The van der Waals surface area contributed by atoms with Crippen molar-refractivity contribution >= 4 is 29.9 Å². The lowest BCUT2D eigenvalue weighted by Gasteiger charge is -2.33. The molecule has 0 aliphatic carbocycles. The van der Waals surface area contributed by atoms with Gasteiger partial charge in [-0.1, -0.05) is 24.3 Å². The van der Waals surface area contributed by atoms with Crippen molar-refractivity contribution in [3.05, 3.63) is 54.3 Å². The molecular weight excluding hydrogens is 405 g/mol. The Labute approximate surface area is 182 Å². The van der Waals surface area contributed by atoms with Gasteiger partial charge >= 0.3 is 0 Å². The van der Waals surface area contributed by atoms with Crippen molar-refractivity contribution in [1.82, 2.24) is 10.2 Å². The van der Waals surface area contributed by atoms with E-state index in [1.807, 2.05) is 35.2 Å². The Bertz CT molecular complexity index is 894. The summed E-state index contributed by atoms with van der Waals surface area (Å²) in [6, 6.07) is 13.8. The average Bonchev–Trinajstić information content (AvgIpc) is 3.28. The van der Waals surface area contributed by atoms with Crippen molar-refractivity contribution in [2.24, 2.45) is 5.92 Å². The minimum atomic E-state index is -0.286. The van der Waals surface area contributed by atoms with E-state index in [9.17, 15) is 14.0 Å². The fourth-order valence-electron chi connectivity index (χ4n) is 4.17. The van der Waals surface area contributed by atoms with Gasteiger partial charge in [-0.15, -0.1) is 12.4 Å². The van der Waals surface area contributed by atoms with Crippen LogP contribution in [0.5, 0.6) is 0 Å². The molecule has 0 spiro atoms. The molecular formula is C23H27ClFN3O2. The Hall–Kier alpha value is -2.44. The second-order valence-corrected chi connectivity index (χ2v) is 7.83. The molecule has 0 radical (unpaired) electrons. The average molecular weight is 432 g/mol. The van der Waals surface area contributed by atoms with E-state index in [0.717, 1.165) is 30.5 Å². The van der Waals surface area contributed by atoms with Crippen LogP contribution in [-0.4, -0.2) is 42.4 Å². The van der Waals surface area contributed by atoms with Crippen LogP contribution in [0.15, 0.2) is 48.5 Å². The number of amides is 2. The number of piperidine rings is 1. The zero-order valence-electron chi connectivity index (χ0n) is 16.8. The van der Waals surface area contributed by atoms with Gasteiger partial charge in [0.15, 0.2) is 0 Å². The smallest absolute Gasteiger partial charge is 0.239 e. The zero-order chi connectivity index (χ0) is 20.2. The molecule has 2 aromatic rings. The Morgan fingerprint density at radius 1 is 1.00 bits per heavy atom. The summed E-state index contributed by atoms with van der Waals surface area (Å²) in [6.07, 6.45) is 3.30. The second-order valence-electron chi connectivity index (χ2n) is 7.83. The van der Waals surface area contributed by atoms with E-state index >= 15 is 0 Å². The van der Waals surface area contributed by atoms with Crippen molar-refractivity contribution in [3.8, 4) is 11.1 Å². The Morgan fingerprint density at radius 3 is 2.37 bits per heavy atom. The van der Waals surface area contributed by atoms with Gasteiger partial charge in [0, 0.05) is 24.7 Å². The van der Waals surface area contributed by atoms with Crippen molar-refractivity contribution in [1.29, 1.82) is 0 Å². The van der Waals surface area contributed by atoms with Gasteiger partial charge in [-0.3, -0.25) is 9.59 Å². The molecule has 0 unspecified atom stereocenters. The van der Waals surface area contributed by atoms with E-state index < -0.39 is 0 Å². The Balaban J connectivity index is 0.00000256. The molecule has 30 heavy (non-hydrogen) atoms. The maximum absolute atomic E-state index is 13.5. The molecule has 160 valence electrons. The predicted molar refractivity (Wildman–Crippen MR) is 118 cm³/mol. The van der Waals surface area contributed by atoms with Crippen molar-refractivity contribution in [2.45, 2.75) is 31.7 Å². The first-order valence-corrected chi connectivity index (χ1v) is 10.3. The van der Waals surface area contributed by atoms with Gasteiger partial charge in [-0.2, -0.15) is 0 Å². The molecule has 4 rings (SSSR count). The maximum atomic E-state index is 13.5. The van der Waals surface area contributed by atoms with E-state index in [1.165, 1.54) is 12.1 Å². The summed E-state index contributed by atoms with van der Waals surface area (Å²) in [5, 5.41) is 6.24.